The number of rotatable bonds is 7. The standard InChI is InChI=1S/C17H17N5O2/c23-17(24)15(6-14-10-18-11-22-14)19-7-12-8-20-16(21-9-12)13-4-2-1-3-5-13/h1-5,8-11,15,19H,6-7H2,(H,18,22)(H,23,24)/t15-/m0/s1. The molecule has 2 aromatic heterocycles. The van der Waals surface area contributed by atoms with Gasteiger partial charge in [-0.3, -0.25) is 10.1 Å². The van der Waals surface area contributed by atoms with Crippen molar-refractivity contribution in [3.8, 4) is 11.4 Å². The number of hydrogen-bond acceptors (Lipinski definition) is 5. The maximum absolute atomic E-state index is 11.4. The number of aromatic amines is 1. The summed E-state index contributed by atoms with van der Waals surface area (Å²) < 4.78 is 0. The maximum Gasteiger partial charge on any atom is 0.321 e. The lowest BCUT2D eigenvalue weighted by atomic mass is 10.1. The molecule has 1 aromatic carbocycles. The van der Waals surface area contributed by atoms with Crippen LogP contribution in [0.2, 0.25) is 0 Å². The van der Waals surface area contributed by atoms with Crippen LogP contribution in [-0.2, 0) is 17.8 Å². The predicted molar refractivity (Wildman–Crippen MR) is 88.0 cm³/mol. The van der Waals surface area contributed by atoms with Gasteiger partial charge in [-0.05, 0) is 0 Å². The molecule has 0 saturated heterocycles. The molecular weight excluding hydrogens is 306 g/mol. The van der Waals surface area contributed by atoms with Gasteiger partial charge < -0.3 is 10.1 Å². The van der Waals surface area contributed by atoms with Crippen molar-refractivity contribution in [3.05, 3.63) is 66.5 Å². The summed E-state index contributed by atoms with van der Waals surface area (Å²) in [4.78, 5) is 26.8. The zero-order valence-corrected chi connectivity index (χ0v) is 12.9. The lowest BCUT2D eigenvalue weighted by Gasteiger charge is -2.13. The summed E-state index contributed by atoms with van der Waals surface area (Å²) in [7, 11) is 0. The molecule has 2 heterocycles. The molecule has 0 amide bonds. The Kier molecular flexibility index (Phi) is 4.93. The predicted octanol–water partition coefficient (Wildman–Crippen LogP) is 1.65. The van der Waals surface area contributed by atoms with E-state index in [1.165, 1.54) is 6.33 Å². The third-order valence-electron chi connectivity index (χ3n) is 3.57. The Morgan fingerprint density at radius 3 is 2.54 bits per heavy atom. The molecular formula is C17H17N5O2. The Balaban J connectivity index is 1.62. The van der Waals surface area contributed by atoms with Crippen LogP contribution in [0.1, 0.15) is 11.3 Å². The Hall–Kier alpha value is -3.06. The topological polar surface area (TPSA) is 104 Å². The number of carbonyl (C=O) groups is 1. The number of nitrogens with zero attached hydrogens (tertiary/aromatic N) is 3. The number of aliphatic carboxylic acids is 1. The molecule has 3 rings (SSSR count). The molecule has 0 aliphatic carbocycles. The van der Waals surface area contributed by atoms with Crippen LogP contribution in [0.15, 0.2) is 55.2 Å². The largest absolute Gasteiger partial charge is 0.480 e. The van der Waals surface area contributed by atoms with E-state index in [0.717, 1.165) is 16.8 Å². The van der Waals surface area contributed by atoms with Crippen LogP contribution < -0.4 is 5.32 Å². The molecule has 0 radical (unpaired) electrons. The second kappa shape index (κ2) is 7.47. The molecule has 0 spiro atoms. The first-order valence-electron chi connectivity index (χ1n) is 7.52. The van der Waals surface area contributed by atoms with E-state index in [0.29, 0.717) is 18.8 Å². The van der Waals surface area contributed by atoms with E-state index < -0.39 is 12.0 Å². The van der Waals surface area contributed by atoms with Gasteiger partial charge >= 0.3 is 5.97 Å². The van der Waals surface area contributed by atoms with E-state index >= 15 is 0 Å². The van der Waals surface area contributed by atoms with E-state index in [2.05, 4.69) is 25.3 Å². The van der Waals surface area contributed by atoms with Crippen molar-refractivity contribution in [2.24, 2.45) is 0 Å². The van der Waals surface area contributed by atoms with Crippen LogP contribution in [0.4, 0.5) is 0 Å². The SMILES string of the molecule is O=C(O)[C@H](Cc1cnc[nH]1)NCc1cnc(-c2ccccc2)nc1. The number of nitrogens with one attached hydrogen (secondary N) is 2. The Labute approximate surface area is 138 Å². The molecule has 0 fully saturated rings. The molecule has 0 bridgehead atoms. The number of aromatic nitrogens is 4. The van der Waals surface area contributed by atoms with Crippen molar-refractivity contribution in [2.45, 2.75) is 19.0 Å². The van der Waals surface area contributed by atoms with E-state index in [4.69, 9.17) is 0 Å². The summed E-state index contributed by atoms with van der Waals surface area (Å²) in [6.07, 6.45) is 6.90. The first-order valence-corrected chi connectivity index (χ1v) is 7.52. The van der Waals surface area contributed by atoms with Gasteiger partial charge in [-0.1, -0.05) is 30.3 Å². The summed E-state index contributed by atoms with van der Waals surface area (Å²) in [5.41, 5.74) is 2.54. The minimum atomic E-state index is -0.911. The fourth-order valence-electron chi connectivity index (χ4n) is 2.29. The number of hydrogen-bond donors (Lipinski definition) is 3. The number of carboxylic acid groups (broad SMARTS) is 1. The van der Waals surface area contributed by atoms with Crippen molar-refractivity contribution in [1.82, 2.24) is 25.3 Å². The molecule has 24 heavy (non-hydrogen) atoms. The van der Waals surface area contributed by atoms with E-state index in [1.807, 2.05) is 30.3 Å². The van der Waals surface area contributed by atoms with Gasteiger partial charge in [0.2, 0.25) is 0 Å². The average Bonchev–Trinajstić information content (AvgIpc) is 3.13. The molecule has 7 heteroatoms. The van der Waals surface area contributed by atoms with E-state index in [9.17, 15) is 9.90 Å². The lowest BCUT2D eigenvalue weighted by Crippen LogP contribution is -2.38. The van der Waals surface area contributed by atoms with Crippen molar-refractivity contribution < 1.29 is 9.90 Å². The monoisotopic (exact) mass is 323 g/mol. The van der Waals surface area contributed by atoms with Crippen LogP contribution in [0.25, 0.3) is 11.4 Å². The highest BCUT2D eigenvalue weighted by molar-refractivity contribution is 5.73. The summed E-state index contributed by atoms with van der Waals surface area (Å²) in [6.45, 7) is 0.375. The maximum atomic E-state index is 11.4. The molecule has 0 saturated carbocycles. The van der Waals surface area contributed by atoms with Gasteiger partial charge in [-0.25, -0.2) is 15.0 Å². The van der Waals surface area contributed by atoms with Crippen molar-refractivity contribution in [1.29, 1.82) is 0 Å². The van der Waals surface area contributed by atoms with Gasteiger partial charge in [0.05, 0.1) is 6.33 Å². The highest BCUT2D eigenvalue weighted by Crippen LogP contribution is 2.13. The number of H-pyrrole nitrogens is 1. The number of carboxylic acids is 1. The van der Waals surface area contributed by atoms with Gasteiger partial charge in [0.15, 0.2) is 5.82 Å². The molecule has 3 aromatic rings. The van der Waals surface area contributed by atoms with Gasteiger partial charge in [0, 0.05) is 48.4 Å². The third kappa shape index (κ3) is 4.02. The zero-order chi connectivity index (χ0) is 16.8. The molecule has 0 unspecified atom stereocenters. The van der Waals surface area contributed by atoms with E-state index in [-0.39, 0.29) is 0 Å². The molecule has 122 valence electrons. The minimum Gasteiger partial charge on any atom is -0.480 e. The second-order valence-corrected chi connectivity index (χ2v) is 5.33. The Morgan fingerprint density at radius 1 is 1.17 bits per heavy atom. The normalized spacial score (nSPS) is 12.0. The fourth-order valence-corrected chi connectivity index (χ4v) is 2.29. The first-order chi connectivity index (χ1) is 11.7. The van der Waals surface area contributed by atoms with Crippen LogP contribution >= 0.6 is 0 Å². The van der Waals surface area contributed by atoms with Crippen LogP contribution in [0.3, 0.4) is 0 Å². The summed E-state index contributed by atoms with van der Waals surface area (Å²) >= 11 is 0. The van der Waals surface area contributed by atoms with Gasteiger partial charge in [-0.2, -0.15) is 0 Å². The Bertz CT molecular complexity index is 773. The molecule has 7 nitrogen and oxygen atoms in total. The van der Waals surface area contributed by atoms with Crippen LogP contribution in [0.5, 0.6) is 0 Å². The molecule has 1 atom stereocenters. The quantitative estimate of drug-likeness (QED) is 0.611. The summed E-state index contributed by atoms with van der Waals surface area (Å²) in [5.74, 6) is -0.266. The van der Waals surface area contributed by atoms with Gasteiger partial charge in [0.1, 0.15) is 6.04 Å². The fraction of sp³-hybridized carbons (Fsp3) is 0.176. The highest BCUT2D eigenvalue weighted by atomic mass is 16.4. The molecule has 0 aliphatic heterocycles. The summed E-state index contributed by atoms with van der Waals surface area (Å²) in [5, 5.41) is 12.3. The minimum absolute atomic E-state index is 0.332. The van der Waals surface area contributed by atoms with Crippen LogP contribution in [-0.4, -0.2) is 37.1 Å². The van der Waals surface area contributed by atoms with Crippen molar-refractivity contribution in [2.75, 3.05) is 0 Å². The second-order valence-electron chi connectivity index (χ2n) is 5.33. The van der Waals surface area contributed by atoms with Crippen molar-refractivity contribution in [3.63, 3.8) is 0 Å². The smallest absolute Gasteiger partial charge is 0.321 e. The first kappa shape index (κ1) is 15.8. The highest BCUT2D eigenvalue weighted by Gasteiger charge is 2.18. The lowest BCUT2D eigenvalue weighted by molar-refractivity contribution is -0.139. The summed E-state index contributed by atoms with van der Waals surface area (Å²) in [6, 6.07) is 8.98. The molecule has 0 aliphatic rings. The zero-order valence-electron chi connectivity index (χ0n) is 12.9. The van der Waals surface area contributed by atoms with E-state index in [1.54, 1.807) is 18.6 Å². The number of imidazole rings is 1. The Morgan fingerprint density at radius 2 is 1.92 bits per heavy atom. The molecule has 3 N–H and O–H groups in total. The number of benzene rings is 1. The van der Waals surface area contributed by atoms with Gasteiger partial charge in [0.25, 0.3) is 0 Å². The van der Waals surface area contributed by atoms with Crippen molar-refractivity contribution >= 4 is 5.97 Å². The van der Waals surface area contributed by atoms with Gasteiger partial charge in [-0.15, -0.1) is 0 Å². The van der Waals surface area contributed by atoms with Crippen LogP contribution in [0, 0.1) is 0 Å². The average molecular weight is 323 g/mol. The third-order valence-corrected chi connectivity index (χ3v) is 3.57.